The SMILES string of the molecule is CN(Cc1ccccc1N1CCCC1)C(=O)C1CCN(S(=O)(=O)c2ccc(C#N)cc2)CC1. The quantitative estimate of drug-likeness (QED) is 0.653. The van der Waals surface area contributed by atoms with Gasteiger partial charge in [0.25, 0.3) is 0 Å². The minimum atomic E-state index is -3.63. The second-order valence-corrected chi connectivity index (χ2v) is 10.8. The first kappa shape index (κ1) is 23.3. The molecule has 1 amide bonds. The van der Waals surface area contributed by atoms with Crippen molar-refractivity contribution in [1.29, 1.82) is 5.26 Å². The Morgan fingerprint density at radius 2 is 1.67 bits per heavy atom. The number of hydrogen-bond acceptors (Lipinski definition) is 5. The van der Waals surface area contributed by atoms with Gasteiger partial charge in [-0.05, 0) is 61.6 Å². The molecule has 0 aromatic heterocycles. The van der Waals surface area contributed by atoms with E-state index in [0.29, 0.717) is 38.0 Å². The lowest BCUT2D eigenvalue weighted by molar-refractivity contribution is -0.135. The molecule has 0 unspecified atom stereocenters. The number of benzene rings is 2. The summed E-state index contributed by atoms with van der Waals surface area (Å²) in [7, 11) is -1.79. The van der Waals surface area contributed by atoms with Crippen LogP contribution in [0.1, 0.15) is 36.8 Å². The van der Waals surface area contributed by atoms with Gasteiger partial charge in [-0.1, -0.05) is 18.2 Å². The van der Waals surface area contributed by atoms with Crippen LogP contribution in [0, 0.1) is 17.2 Å². The van der Waals surface area contributed by atoms with E-state index in [9.17, 15) is 13.2 Å². The van der Waals surface area contributed by atoms with Crippen molar-refractivity contribution in [3.05, 3.63) is 59.7 Å². The standard InChI is InChI=1S/C25H30N4O3S/c1-27(19-22-6-2-3-7-24(22)28-14-4-5-15-28)25(30)21-12-16-29(17-13-21)33(31,32)23-10-8-20(18-26)9-11-23/h2-3,6-11,21H,4-5,12-17,19H2,1H3. The predicted octanol–water partition coefficient (Wildman–Crippen LogP) is 3.22. The molecule has 2 fully saturated rings. The molecule has 0 saturated carbocycles. The summed E-state index contributed by atoms with van der Waals surface area (Å²) >= 11 is 0. The summed E-state index contributed by atoms with van der Waals surface area (Å²) in [5.41, 5.74) is 2.78. The number of anilines is 1. The highest BCUT2D eigenvalue weighted by Gasteiger charge is 2.33. The van der Waals surface area contributed by atoms with Crippen LogP contribution in [-0.4, -0.2) is 56.8 Å². The summed E-state index contributed by atoms with van der Waals surface area (Å²) < 4.78 is 27.3. The molecular formula is C25H30N4O3S. The van der Waals surface area contributed by atoms with Gasteiger partial charge in [0.1, 0.15) is 0 Å². The Morgan fingerprint density at radius 3 is 2.30 bits per heavy atom. The Kier molecular flexibility index (Phi) is 7.01. The second kappa shape index (κ2) is 9.94. The Hall–Kier alpha value is -2.89. The van der Waals surface area contributed by atoms with Crippen LogP contribution >= 0.6 is 0 Å². The molecule has 0 atom stereocenters. The smallest absolute Gasteiger partial charge is 0.243 e. The molecule has 7 nitrogen and oxygen atoms in total. The Morgan fingerprint density at radius 1 is 1.03 bits per heavy atom. The fourth-order valence-corrected chi connectivity index (χ4v) is 6.22. The predicted molar refractivity (Wildman–Crippen MR) is 127 cm³/mol. The summed E-state index contributed by atoms with van der Waals surface area (Å²) in [6.45, 7) is 3.30. The zero-order valence-electron chi connectivity index (χ0n) is 19.0. The highest BCUT2D eigenvalue weighted by atomic mass is 32.2. The van der Waals surface area contributed by atoms with Crippen LogP contribution in [0.2, 0.25) is 0 Å². The molecule has 2 aromatic rings. The average Bonchev–Trinajstić information content (AvgIpc) is 3.39. The van der Waals surface area contributed by atoms with Crippen LogP contribution in [0.25, 0.3) is 0 Å². The number of para-hydroxylation sites is 1. The third kappa shape index (κ3) is 5.05. The van der Waals surface area contributed by atoms with Gasteiger partial charge in [0, 0.05) is 51.4 Å². The van der Waals surface area contributed by atoms with Crippen molar-refractivity contribution < 1.29 is 13.2 Å². The lowest BCUT2D eigenvalue weighted by Gasteiger charge is -2.33. The van der Waals surface area contributed by atoms with Crippen molar-refractivity contribution in [1.82, 2.24) is 9.21 Å². The van der Waals surface area contributed by atoms with Crippen LogP contribution in [0.4, 0.5) is 5.69 Å². The summed E-state index contributed by atoms with van der Waals surface area (Å²) in [6, 6.07) is 16.2. The van der Waals surface area contributed by atoms with Crippen LogP contribution in [0.3, 0.4) is 0 Å². The van der Waals surface area contributed by atoms with Crippen molar-refractivity contribution in [3.63, 3.8) is 0 Å². The topological polar surface area (TPSA) is 84.7 Å². The fourth-order valence-electron chi connectivity index (χ4n) is 4.75. The van der Waals surface area contributed by atoms with Gasteiger partial charge in [-0.25, -0.2) is 8.42 Å². The molecule has 2 aliphatic rings. The van der Waals surface area contributed by atoms with Crippen molar-refractivity contribution in [2.45, 2.75) is 37.1 Å². The van der Waals surface area contributed by atoms with E-state index in [1.54, 1.807) is 4.90 Å². The average molecular weight is 467 g/mol. The molecule has 33 heavy (non-hydrogen) atoms. The van der Waals surface area contributed by atoms with E-state index in [0.717, 1.165) is 18.7 Å². The number of carbonyl (C=O) groups is 1. The Labute approximate surface area is 196 Å². The molecule has 0 N–H and O–H groups in total. The van der Waals surface area contributed by atoms with E-state index in [2.05, 4.69) is 17.0 Å². The first-order chi connectivity index (χ1) is 15.9. The van der Waals surface area contributed by atoms with Crippen LogP contribution in [-0.2, 0) is 21.4 Å². The van der Waals surface area contributed by atoms with Crippen molar-refractivity contribution in [2.24, 2.45) is 5.92 Å². The number of hydrogen-bond donors (Lipinski definition) is 0. The van der Waals surface area contributed by atoms with E-state index in [-0.39, 0.29) is 16.7 Å². The zero-order valence-corrected chi connectivity index (χ0v) is 19.8. The third-order valence-corrected chi connectivity index (χ3v) is 8.56. The summed E-state index contributed by atoms with van der Waals surface area (Å²) in [6.07, 6.45) is 3.42. The number of nitriles is 1. The summed E-state index contributed by atoms with van der Waals surface area (Å²) in [4.78, 5) is 17.5. The van der Waals surface area contributed by atoms with Crippen molar-refractivity contribution >= 4 is 21.6 Å². The normalized spacial score (nSPS) is 17.6. The molecule has 174 valence electrons. The van der Waals surface area contributed by atoms with Gasteiger partial charge >= 0.3 is 0 Å². The van der Waals surface area contributed by atoms with Gasteiger partial charge in [-0.2, -0.15) is 9.57 Å². The van der Waals surface area contributed by atoms with E-state index < -0.39 is 10.0 Å². The highest BCUT2D eigenvalue weighted by Crippen LogP contribution is 2.28. The summed E-state index contributed by atoms with van der Waals surface area (Å²) in [5, 5.41) is 8.92. The molecule has 0 radical (unpaired) electrons. The molecule has 0 spiro atoms. The van der Waals surface area contributed by atoms with Crippen molar-refractivity contribution in [3.8, 4) is 6.07 Å². The van der Waals surface area contributed by atoms with Gasteiger partial charge in [0.2, 0.25) is 15.9 Å². The second-order valence-electron chi connectivity index (χ2n) is 8.83. The number of carbonyl (C=O) groups excluding carboxylic acids is 1. The summed E-state index contributed by atoms with van der Waals surface area (Å²) in [5.74, 6) is -0.108. The molecule has 0 aliphatic carbocycles. The number of sulfonamides is 1. The Balaban J connectivity index is 1.37. The van der Waals surface area contributed by atoms with Gasteiger partial charge < -0.3 is 9.80 Å². The molecule has 0 bridgehead atoms. The third-order valence-electron chi connectivity index (χ3n) is 6.65. The number of rotatable bonds is 6. The lowest BCUT2D eigenvalue weighted by Crippen LogP contribution is -2.43. The van der Waals surface area contributed by atoms with E-state index in [4.69, 9.17) is 5.26 Å². The van der Waals surface area contributed by atoms with E-state index in [1.807, 2.05) is 25.2 Å². The number of amides is 1. The molecular weight excluding hydrogens is 436 g/mol. The molecule has 2 aromatic carbocycles. The number of nitrogens with zero attached hydrogens (tertiary/aromatic N) is 4. The van der Waals surface area contributed by atoms with Crippen LogP contribution < -0.4 is 4.90 Å². The van der Waals surface area contributed by atoms with Gasteiger partial charge in [0.05, 0.1) is 16.5 Å². The van der Waals surface area contributed by atoms with E-state index in [1.165, 1.54) is 47.1 Å². The Bertz CT molecular complexity index is 1130. The van der Waals surface area contributed by atoms with Gasteiger partial charge in [-0.3, -0.25) is 4.79 Å². The minimum Gasteiger partial charge on any atom is -0.371 e. The molecule has 8 heteroatoms. The number of piperidine rings is 1. The maximum Gasteiger partial charge on any atom is 0.243 e. The lowest BCUT2D eigenvalue weighted by atomic mass is 9.96. The molecule has 4 rings (SSSR count). The van der Waals surface area contributed by atoms with E-state index >= 15 is 0 Å². The molecule has 2 heterocycles. The van der Waals surface area contributed by atoms with Crippen LogP contribution in [0.15, 0.2) is 53.4 Å². The van der Waals surface area contributed by atoms with Gasteiger partial charge in [0.15, 0.2) is 0 Å². The van der Waals surface area contributed by atoms with Crippen molar-refractivity contribution in [2.75, 3.05) is 38.1 Å². The highest BCUT2D eigenvalue weighted by molar-refractivity contribution is 7.89. The van der Waals surface area contributed by atoms with Gasteiger partial charge in [-0.15, -0.1) is 0 Å². The zero-order chi connectivity index (χ0) is 23.4. The minimum absolute atomic E-state index is 0.0710. The first-order valence-electron chi connectivity index (χ1n) is 11.5. The largest absolute Gasteiger partial charge is 0.371 e. The maximum absolute atomic E-state index is 13.1. The maximum atomic E-state index is 13.1. The first-order valence-corrected chi connectivity index (χ1v) is 12.9. The monoisotopic (exact) mass is 466 g/mol. The molecule has 2 aliphatic heterocycles. The van der Waals surface area contributed by atoms with Crippen LogP contribution in [0.5, 0.6) is 0 Å². The fraction of sp³-hybridized carbons (Fsp3) is 0.440. The molecule has 2 saturated heterocycles.